The minimum atomic E-state index is -0.421. The van der Waals surface area contributed by atoms with Gasteiger partial charge in [0.05, 0.1) is 11.7 Å². The lowest BCUT2D eigenvalue weighted by Crippen LogP contribution is -2.48. The molecule has 1 atom stereocenters. The maximum Gasteiger partial charge on any atom is 0.229 e. The predicted molar refractivity (Wildman–Crippen MR) is 111 cm³/mol. The van der Waals surface area contributed by atoms with Crippen molar-refractivity contribution in [3.63, 3.8) is 0 Å². The number of nitrogens with zero attached hydrogens (tertiary/aromatic N) is 2. The van der Waals surface area contributed by atoms with Gasteiger partial charge in [-0.2, -0.15) is 0 Å². The van der Waals surface area contributed by atoms with Gasteiger partial charge in [-0.05, 0) is 91.8 Å². The van der Waals surface area contributed by atoms with Crippen molar-refractivity contribution < 1.29 is 13.6 Å². The van der Waals surface area contributed by atoms with Crippen molar-refractivity contribution in [1.82, 2.24) is 9.97 Å². The van der Waals surface area contributed by atoms with Crippen LogP contribution in [0.25, 0.3) is 10.9 Å². The molecule has 1 spiro atoms. The largest absolute Gasteiger partial charge is 0.310 e. The van der Waals surface area contributed by atoms with E-state index in [-0.39, 0.29) is 23.1 Å². The van der Waals surface area contributed by atoms with Gasteiger partial charge in [0.1, 0.15) is 17.5 Å². The Bertz CT molecular complexity index is 1090. The summed E-state index contributed by atoms with van der Waals surface area (Å²) >= 11 is 0. The Balaban J connectivity index is 1.29. The first kappa shape index (κ1) is 19.1. The summed E-state index contributed by atoms with van der Waals surface area (Å²) in [5.74, 6) is 0.0321. The maximum absolute atomic E-state index is 13.8. The SMILES string of the molecule is O=C(Nc1ccc(F)cn1)[C@H]1CCC12CCC(c1ccnc3ccc(F)cc13)CC2. The fourth-order valence-electron chi connectivity index (χ4n) is 5.37. The number of benzene rings is 1. The number of aromatic nitrogens is 2. The van der Waals surface area contributed by atoms with Gasteiger partial charge < -0.3 is 5.32 Å². The topological polar surface area (TPSA) is 54.9 Å². The van der Waals surface area contributed by atoms with Crippen molar-refractivity contribution in [2.75, 3.05) is 5.32 Å². The standard InChI is InChI=1S/C24H23F2N3O/c25-16-1-3-21-19(13-16)18(8-12-27-21)15-5-9-24(10-6-15)11-7-20(24)23(30)29-22-4-2-17(26)14-28-22/h1-4,8,12-15,20H,5-7,9-11H2,(H,28,29,30)/t15?,20-,24?/m1/s1. The molecule has 3 aromatic rings. The van der Waals surface area contributed by atoms with Crippen molar-refractivity contribution in [3.8, 4) is 0 Å². The Hall–Kier alpha value is -2.89. The summed E-state index contributed by atoms with van der Waals surface area (Å²) in [6, 6.07) is 9.55. The number of hydrogen-bond acceptors (Lipinski definition) is 3. The molecule has 0 saturated heterocycles. The number of rotatable bonds is 3. The van der Waals surface area contributed by atoms with Crippen LogP contribution in [0.3, 0.4) is 0 Å². The fraction of sp³-hybridized carbons (Fsp3) is 0.375. The van der Waals surface area contributed by atoms with Gasteiger partial charge >= 0.3 is 0 Å². The number of pyridine rings is 2. The minimum absolute atomic E-state index is 0.0183. The van der Waals surface area contributed by atoms with Gasteiger partial charge in [-0.15, -0.1) is 0 Å². The highest BCUT2D eigenvalue weighted by Gasteiger charge is 2.51. The molecule has 0 radical (unpaired) electrons. The average molecular weight is 407 g/mol. The number of nitrogens with one attached hydrogen (secondary N) is 1. The molecule has 0 unspecified atom stereocenters. The molecule has 1 aromatic carbocycles. The average Bonchev–Trinajstić information content (AvgIpc) is 2.74. The van der Waals surface area contributed by atoms with E-state index in [2.05, 4.69) is 15.3 Å². The Morgan fingerprint density at radius 2 is 1.73 bits per heavy atom. The predicted octanol–water partition coefficient (Wildman–Crippen LogP) is 5.60. The molecule has 1 amide bonds. The molecule has 0 bridgehead atoms. The third-order valence-electron chi connectivity index (χ3n) is 7.12. The molecule has 2 heterocycles. The van der Waals surface area contributed by atoms with Crippen LogP contribution < -0.4 is 5.32 Å². The Labute approximate surface area is 173 Å². The third kappa shape index (κ3) is 3.34. The van der Waals surface area contributed by atoms with Crippen LogP contribution in [0, 0.1) is 23.0 Å². The number of carbonyl (C=O) groups is 1. The summed E-state index contributed by atoms with van der Waals surface area (Å²) in [4.78, 5) is 21.1. The second-order valence-electron chi connectivity index (χ2n) is 8.64. The second kappa shape index (κ2) is 7.42. The zero-order valence-electron chi connectivity index (χ0n) is 16.6. The van der Waals surface area contributed by atoms with Crippen molar-refractivity contribution in [2.45, 2.75) is 44.4 Å². The van der Waals surface area contributed by atoms with Crippen molar-refractivity contribution in [1.29, 1.82) is 0 Å². The third-order valence-corrected chi connectivity index (χ3v) is 7.12. The summed E-state index contributed by atoms with van der Waals surface area (Å²) in [6.07, 6.45) is 8.76. The summed E-state index contributed by atoms with van der Waals surface area (Å²) in [7, 11) is 0. The molecule has 154 valence electrons. The van der Waals surface area contributed by atoms with Crippen LogP contribution in [-0.2, 0) is 4.79 Å². The number of fused-ring (bicyclic) bond motifs is 1. The summed E-state index contributed by atoms with van der Waals surface area (Å²) in [5, 5.41) is 3.74. The minimum Gasteiger partial charge on any atom is -0.310 e. The van der Waals surface area contributed by atoms with Gasteiger partial charge in [-0.1, -0.05) is 0 Å². The van der Waals surface area contributed by atoms with E-state index >= 15 is 0 Å². The first-order chi connectivity index (χ1) is 14.5. The molecular formula is C24H23F2N3O. The smallest absolute Gasteiger partial charge is 0.229 e. The lowest BCUT2D eigenvalue weighted by Gasteiger charge is -2.52. The number of hydrogen-bond donors (Lipinski definition) is 1. The molecule has 2 aliphatic carbocycles. The number of anilines is 1. The van der Waals surface area contributed by atoms with Crippen molar-refractivity contribution in [2.24, 2.45) is 11.3 Å². The van der Waals surface area contributed by atoms with Gasteiger partial charge in [0.15, 0.2) is 0 Å². The van der Waals surface area contributed by atoms with E-state index < -0.39 is 5.82 Å². The van der Waals surface area contributed by atoms with E-state index in [1.807, 2.05) is 6.07 Å². The lowest BCUT2D eigenvalue weighted by molar-refractivity contribution is -0.133. The van der Waals surface area contributed by atoms with E-state index in [4.69, 9.17) is 0 Å². The molecule has 2 aliphatic rings. The molecule has 5 rings (SSSR count). The highest BCUT2D eigenvalue weighted by Crippen LogP contribution is 2.58. The van der Waals surface area contributed by atoms with Crippen LogP contribution in [0.1, 0.15) is 50.0 Å². The van der Waals surface area contributed by atoms with Crippen molar-refractivity contribution in [3.05, 3.63) is 66.0 Å². The van der Waals surface area contributed by atoms with Crippen LogP contribution in [0.4, 0.5) is 14.6 Å². The molecule has 0 aliphatic heterocycles. The second-order valence-corrected chi connectivity index (χ2v) is 8.64. The van der Waals surface area contributed by atoms with Crippen LogP contribution in [0.15, 0.2) is 48.8 Å². The molecule has 1 N–H and O–H groups in total. The molecular weight excluding hydrogens is 384 g/mol. The normalized spacial score (nSPS) is 25.8. The molecule has 2 aromatic heterocycles. The van der Waals surface area contributed by atoms with E-state index in [1.54, 1.807) is 18.3 Å². The Kier molecular flexibility index (Phi) is 4.72. The van der Waals surface area contributed by atoms with Crippen LogP contribution in [0.5, 0.6) is 0 Å². The molecule has 2 fully saturated rings. The highest BCUT2D eigenvalue weighted by molar-refractivity contribution is 5.93. The van der Waals surface area contributed by atoms with Crippen molar-refractivity contribution >= 4 is 22.6 Å². The number of carbonyl (C=O) groups excluding carboxylic acids is 1. The van der Waals surface area contributed by atoms with Gasteiger partial charge in [-0.25, -0.2) is 13.8 Å². The number of amides is 1. The Morgan fingerprint density at radius 3 is 2.43 bits per heavy atom. The highest BCUT2D eigenvalue weighted by atomic mass is 19.1. The van der Waals surface area contributed by atoms with E-state index in [9.17, 15) is 13.6 Å². The fourth-order valence-corrected chi connectivity index (χ4v) is 5.37. The summed E-state index contributed by atoms with van der Waals surface area (Å²) < 4.78 is 26.9. The van der Waals surface area contributed by atoms with Gasteiger partial charge in [0.25, 0.3) is 0 Å². The lowest BCUT2D eigenvalue weighted by atomic mass is 9.52. The van der Waals surface area contributed by atoms with Crippen LogP contribution in [-0.4, -0.2) is 15.9 Å². The molecule has 2 saturated carbocycles. The van der Waals surface area contributed by atoms with E-state index in [0.29, 0.717) is 11.7 Å². The van der Waals surface area contributed by atoms with Crippen LogP contribution in [0.2, 0.25) is 0 Å². The Morgan fingerprint density at radius 1 is 0.967 bits per heavy atom. The maximum atomic E-state index is 13.8. The zero-order valence-corrected chi connectivity index (χ0v) is 16.6. The monoisotopic (exact) mass is 407 g/mol. The zero-order chi connectivity index (χ0) is 20.7. The quantitative estimate of drug-likeness (QED) is 0.615. The van der Waals surface area contributed by atoms with E-state index in [0.717, 1.165) is 61.2 Å². The first-order valence-corrected chi connectivity index (χ1v) is 10.5. The van der Waals surface area contributed by atoms with Gasteiger partial charge in [0.2, 0.25) is 5.91 Å². The van der Waals surface area contributed by atoms with Crippen LogP contribution >= 0.6 is 0 Å². The number of halogens is 2. The summed E-state index contributed by atoms with van der Waals surface area (Å²) in [6.45, 7) is 0. The molecule has 6 heteroatoms. The van der Waals surface area contributed by atoms with E-state index in [1.165, 1.54) is 18.2 Å². The van der Waals surface area contributed by atoms with Gasteiger partial charge in [0, 0.05) is 17.5 Å². The molecule has 30 heavy (non-hydrogen) atoms. The molecule has 4 nitrogen and oxygen atoms in total. The first-order valence-electron chi connectivity index (χ1n) is 10.5. The van der Waals surface area contributed by atoms with Gasteiger partial charge in [-0.3, -0.25) is 9.78 Å². The summed E-state index contributed by atoms with van der Waals surface area (Å²) in [5.41, 5.74) is 2.02.